The molecule has 100 valence electrons. The van der Waals surface area contributed by atoms with Crippen LogP contribution in [0.2, 0.25) is 0 Å². The maximum Gasteiger partial charge on any atom is 0.325 e. The number of carbonyl (C=O) groups is 2. The topological polar surface area (TPSA) is 49.4 Å². The number of hydrogen-bond acceptors (Lipinski definition) is 2. The maximum absolute atomic E-state index is 12.1. The number of nitrogens with one attached hydrogen (secondary N) is 1. The summed E-state index contributed by atoms with van der Waals surface area (Å²) in [5.74, 6) is -0.193. The van der Waals surface area contributed by atoms with Crippen molar-refractivity contribution in [3.8, 4) is 0 Å². The molecule has 3 amide bonds. The van der Waals surface area contributed by atoms with E-state index in [0.717, 1.165) is 31.2 Å². The SMILES string of the molecule is O=C1NC(=O)N(C2CCCCC2)C1c1ccccc1. The van der Waals surface area contributed by atoms with Crippen LogP contribution in [-0.2, 0) is 4.79 Å². The van der Waals surface area contributed by atoms with Crippen LogP contribution < -0.4 is 5.32 Å². The minimum absolute atomic E-state index is 0.193. The zero-order chi connectivity index (χ0) is 13.2. The highest BCUT2D eigenvalue weighted by atomic mass is 16.2. The third-order valence-corrected chi connectivity index (χ3v) is 4.07. The van der Waals surface area contributed by atoms with Crippen LogP contribution in [0, 0.1) is 0 Å². The molecule has 0 spiro atoms. The fourth-order valence-corrected chi connectivity index (χ4v) is 3.17. The van der Waals surface area contributed by atoms with Crippen LogP contribution in [0.4, 0.5) is 4.79 Å². The first kappa shape index (κ1) is 12.2. The second-order valence-electron chi connectivity index (χ2n) is 5.31. The molecule has 3 rings (SSSR count). The van der Waals surface area contributed by atoms with E-state index < -0.39 is 6.04 Å². The quantitative estimate of drug-likeness (QED) is 0.829. The predicted molar refractivity (Wildman–Crippen MR) is 71.4 cm³/mol. The molecule has 1 aromatic carbocycles. The summed E-state index contributed by atoms with van der Waals surface area (Å²) >= 11 is 0. The molecule has 1 saturated carbocycles. The fourth-order valence-electron chi connectivity index (χ4n) is 3.17. The van der Waals surface area contributed by atoms with Crippen molar-refractivity contribution in [3.63, 3.8) is 0 Å². The molecule has 0 radical (unpaired) electrons. The van der Waals surface area contributed by atoms with Crippen LogP contribution in [0.5, 0.6) is 0 Å². The molecule has 1 aliphatic heterocycles. The van der Waals surface area contributed by atoms with Crippen LogP contribution in [0.15, 0.2) is 30.3 Å². The molecule has 1 unspecified atom stereocenters. The number of hydrogen-bond donors (Lipinski definition) is 1. The van der Waals surface area contributed by atoms with Crippen LogP contribution in [0.1, 0.15) is 43.7 Å². The summed E-state index contributed by atoms with van der Waals surface area (Å²) in [5, 5.41) is 2.46. The zero-order valence-corrected chi connectivity index (χ0v) is 10.8. The first-order chi connectivity index (χ1) is 9.27. The van der Waals surface area contributed by atoms with Gasteiger partial charge in [0.2, 0.25) is 0 Å². The van der Waals surface area contributed by atoms with Gasteiger partial charge in [0.25, 0.3) is 5.91 Å². The van der Waals surface area contributed by atoms with E-state index >= 15 is 0 Å². The lowest BCUT2D eigenvalue weighted by Crippen LogP contribution is -2.40. The van der Waals surface area contributed by atoms with Crippen molar-refractivity contribution >= 4 is 11.9 Å². The number of carbonyl (C=O) groups excluding carboxylic acids is 2. The van der Waals surface area contributed by atoms with E-state index in [1.165, 1.54) is 6.42 Å². The molecule has 1 N–H and O–H groups in total. The molecule has 2 aliphatic rings. The fraction of sp³-hybridized carbons (Fsp3) is 0.467. The lowest BCUT2D eigenvalue weighted by atomic mass is 9.92. The molecule has 2 fully saturated rings. The summed E-state index contributed by atoms with van der Waals surface area (Å²) in [4.78, 5) is 25.9. The van der Waals surface area contributed by atoms with Gasteiger partial charge >= 0.3 is 6.03 Å². The highest BCUT2D eigenvalue weighted by Crippen LogP contribution is 2.33. The summed E-state index contributed by atoms with van der Waals surface area (Å²) in [6.45, 7) is 0. The van der Waals surface area contributed by atoms with Crippen molar-refractivity contribution < 1.29 is 9.59 Å². The standard InChI is InChI=1S/C15H18N2O2/c18-14-13(11-7-3-1-4-8-11)17(15(19)16-14)12-9-5-2-6-10-12/h1,3-4,7-8,12-13H,2,5-6,9-10H2,(H,16,18,19). The lowest BCUT2D eigenvalue weighted by molar-refractivity contribution is -0.122. The highest BCUT2D eigenvalue weighted by molar-refractivity contribution is 6.04. The van der Waals surface area contributed by atoms with Gasteiger partial charge in [-0.15, -0.1) is 0 Å². The Morgan fingerprint density at radius 3 is 2.37 bits per heavy atom. The average molecular weight is 258 g/mol. The van der Waals surface area contributed by atoms with Crippen molar-refractivity contribution in [3.05, 3.63) is 35.9 Å². The van der Waals surface area contributed by atoms with Crippen molar-refractivity contribution in [1.82, 2.24) is 10.2 Å². The Bertz CT molecular complexity index is 480. The van der Waals surface area contributed by atoms with Crippen LogP contribution in [0.25, 0.3) is 0 Å². The monoisotopic (exact) mass is 258 g/mol. The number of rotatable bonds is 2. The van der Waals surface area contributed by atoms with Gasteiger partial charge in [-0.25, -0.2) is 4.79 Å². The largest absolute Gasteiger partial charge is 0.325 e. The van der Waals surface area contributed by atoms with E-state index in [-0.39, 0.29) is 18.0 Å². The van der Waals surface area contributed by atoms with Crippen molar-refractivity contribution in [1.29, 1.82) is 0 Å². The van der Waals surface area contributed by atoms with Crippen LogP contribution in [0.3, 0.4) is 0 Å². The Kier molecular flexibility index (Phi) is 3.23. The van der Waals surface area contributed by atoms with Gasteiger partial charge < -0.3 is 4.90 Å². The maximum atomic E-state index is 12.1. The first-order valence-corrected chi connectivity index (χ1v) is 6.95. The Morgan fingerprint density at radius 2 is 1.68 bits per heavy atom. The summed E-state index contributed by atoms with van der Waals surface area (Å²) in [5.41, 5.74) is 0.899. The molecule has 1 heterocycles. The van der Waals surface area contributed by atoms with E-state index in [9.17, 15) is 9.59 Å². The summed E-state index contributed by atoms with van der Waals surface area (Å²) in [6, 6.07) is 9.09. The van der Waals surface area contributed by atoms with E-state index in [4.69, 9.17) is 0 Å². The minimum atomic E-state index is -0.447. The Labute approximate surface area is 112 Å². The second kappa shape index (κ2) is 5.03. The second-order valence-corrected chi connectivity index (χ2v) is 5.31. The number of urea groups is 1. The molecule has 19 heavy (non-hydrogen) atoms. The van der Waals surface area contributed by atoms with Gasteiger partial charge in [0.05, 0.1) is 0 Å². The van der Waals surface area contributed by atoms with Gasteiger partial charge in [-0.1, -0.05) is 49.6 Å². The van der Waals surface area contributed by atoms with Crippen LogP contribution in [-0.4, -0.2) is 22.9 Å². The third kappa shape index (κ3) is 2.23. The Hall–Kier alpha value is -1.84. The van der Waals surface area contributed by atoms with E-state index in [1.54, 1.807) is 4.90 Å². The molecule has 1 saturated heterocycles. The summed E-state index contributed by atoms with van der Waals surface area (Å²) in [7, 11) is 0. The third-order valence-electron chi connectivity index (χ3n) is 4.07. The number of amides is 3. The minimum Gasteiger partial charge on any atom is -0.305 e. The smallest absolute Gasteiger partial charge is 0.305 e. The summed E-state index contributed by atoms with van der Waals surface area (Å²) in [6.07, 6.45) is 5.53. The van der Waals surface area contributed by atoms with Gasteiger partial charge in [0, 0.05) is 6.04 Å². The lowest BCUT2D eigenvalue weighted by Gasteiger charge is -2.33. The molecule has 4 nitrogen and oxygen atoms in total. The normalized spacial score (nSPS) is 24.6. The number of imide groups is 1. The predicted octanol–water partition coefficient (Wildman–Crippen LogP) is 2.61. The van der Waals surface area contributed by atoms with Gasteiger partial charge in [-0.05, 0) is 18.4 Å². The van der Waals surface area contributed by atoms with Gasteiger partial charge in [-0.3, -0.25) is 10.1 Å². The Morgan fingerprint density at radius 1 is 1.00 bits per heavy atom. The molecule has 0 bridgehead atoms. The van der Waals surface area contributed by atoms with Crippen molar-refractivity contribution in [2.24, 2.45) is 0 Å². The van der Waals surface area contributed by atoms with Gasteiger partial charge in [-0.2, -0.15) is 0 Å². The molecule has 4 heteroatoms. The zero-order valence-electron chi connectivity index (χ0n) is 10.8. The van der Waals surface area contributed by atoms with Gasteiger partial charge in [0.15, 0.2) is 0 Å². The molecule has 1 atom stereocenters. The van der Waals surface area contributed by atoms with Crippen molar-refractivity contribution in [2.75, 3.05) is 0 Å². The summed E-state index contributed by atoms with van der Waals surface area (Å²) < 4.78 is 0. The first-order valence-electron chi connectivity index (χ1n) is 6.95. The van der Waals surface area contributed by atoms with Crippen molar-refractivity contribution in [2.45, 2.75) is 44.2 Å². The molecule has 1 aliphatic carbocycles. The molecule has 0 aromatic heterocycles. The molecular formula is C15H18N2O2. The number of nitrogens with zero attached hydrogens (tertiary/aromatic N) is 1. The van der Waals surface area contributed by atoms with E-state index in [1.807, 2.05) is 30.3 Å². The van der Waals surface area contributed by atoms with E-state index in [2.05, 4.69) is 5.32 Å². The van der Waals surface area contributed by atoms with Crippen LogP contribution >= 0.6 is 0 Å². The van der Waals surface area contributed by atoms with E-state index in [0.29, 0.717) is 0 Å². The highest BCUT2D eigenvalue weighted by Gasteiger charge is 2.43. The average Bonchev–Trinajstić information content (AvgIpc) is 2.75. The Balaban J connectivity index is 1.91. The molecular weight excluding hydrogens is 240 g/mol. The number of benzene rings is 1. The van der Waals surface area contributed by atoms with Gasteiger partial charge in [0.1, 0.15) is 6.04 Å². The molecule has 1 aromatic rings.